The molecule has 2 heterocycles. The van der Waals surface area contributed by atoms with Crippen LogP contribution in [-0.4, -0.2) is 18.1 Å². The molecule has 1 aromatic carbocycles. The third kappa shape index (κ3) is 1.62. The lowest BCUT2D eigenvalue weighted by atomic mass is 10.1. The van der Waals surface area contributed by atoms with E-state index in [4.69, 9.17) is 4.74 Å². The zero-order chi connectivity index (χ0) is 12.5. The van der Waals surface area contributed by atoms with Gasteiger partial charge in [0.2, 0.25) is 0 Å². The van der Waals surface area contributed by atoms with Crippen molar-refractivity contribution in [3.63, 3.8) is 0 Å². The van der Waals surface area contributed by atoms with E-state index in [-0.39, 0.29) is 5.97 Å². The quantitative estimate of drug-likeness (QED) is 0.711. The van der Waals surface area contributed by atoms with E-state index in [1.165, 1.54) is 7.11 Å². The van der Waals surface area contributed by atoms with Gasteiger partial charge in [-0.25, -0.2) is 4.79 Å². The maximum Gasteiger partial charge on any atom is 0.355 e. The van der Waals surface area contributed by atoms with Crippen LogP contribution in [0.5, 0.6) is 0 Å². The van der Waals surface area contributed by atoms with Crippen molar-refractivity contribution in [3.05, 3.63) is 47.5 Å². The maximum absolute atomic E-state index is 11.9. The fourth-order valence-corrected chi connectivity index (χ4v) is 2.86. The number of H-pyrrole nitrogens is 1. The van der Waals surface area contributed by atoms with Crippen LogP contribution in [0.25, 0.3) is 21.3 Å². The van der Waals surface area contributed by atoms with Crippen LogP contribution in [0.1, 0.15) is 10.5 Å². The minimum absolute atomic E-state index is 0.338. The Kier molecular flexibility index (Phi) is 2.64. The molecule has 0 aliphatic rings. The van der Waals surface area contributed by atoms with Gasteiger partial charge < -0.3 is 9.72 Å². The summed E-state index contributed by atoms with van der Waals surface area (Å²) in [6, 6.07) is 11.9. The van der Waals surface area contributed by atoms with Gasteiger partial charge in [0, 0.05) is 21.3 Å². The average molecular weight is 257 g/mol. The predicted molar refractivity (Wildman–Crippen MR) is 73.0 cm³/mol. The zero-order valence-corrected chi connectivity index (χ0v) is 10.6. The highest BCUT2D eigenvalue weighted by Crippen LogP contribution is 2.35. The summed E-state index contributed by atoms with van der Waals surface area (Å²) in [5.74, 6) is -0.338. The molecule has 3 aromatic rings. The highest BCUT2D eigenvalue weighted by atomic mass is 32.1. The van der Waals surface area contributed by atoms with Crippen LogP contribution in [0.4, 0.5) is 0 Å². The van der Waals surface area contributed by atoms with Crippen molar-refractivity contribution >= 4 is 28.2 Å². The van der Waals surface area contributed by atoms with E-state index >= 15 is 0 Å². The Morgan fingerprint density at radius 2 is 2.06 bits per heavy atom. The van der Waals surface area contributed by atoms with Crippen molar-refractivity contribution in [1.29, 1.82) is 0 Å². The number of aromatic nitrogens is 1. The largest absolute Gasteiger partial charge is 0.464 e. The normalized spacial score (nSPS) is 10.7. The van der Waals surface area contributed by atoms with Crippen molar-refractivity contribution < 1.29 is 9.53 Å². The number of hydrogen-bond acceptors (Lipinski definition) is 3. The van der Waals surface area contributed by atoms with Crippen molar-refractivity contribution in [3.8, 4) is 10.4 Å². The molecule has 0 unspecified atom stereocenters. The monoisotopic (exact) mass is 257 g/mol. The Hall–Kier alpha value is -2.07. The molecule has 3 nitrogen and oxygen atoms in total. The van der Waals surface area contributed by atoms with E-state index in [2.05, 4.69) is 4.98 Å². The summed E-state index contributed by atoms with van der Waals surface area (Å²) in [4.78, 5) is 16.0. The average Bonchev–Trinajstić information content (AvgIpc) is 3.03. The highest BCUT2D eigenvalue weighted by molar-refractivity contribution is 7.13. The van der Waals surface area contributed by atoms with Crippen molar-refractivity contribution in [2.24, 2.45) is 0 Å². The molecule has 0 amide bonds. The fourth-order valence-electron chi connectivity index (χ4n) is 2.07. The molecule has 0 saturated carbocycles. The summed E-state index contributed by atoms with van der Waals surface area (Å²) >= 11 is 1.61. The summed E-state index contributed by atoms with van der Waals surface area (Å²) in [6.45, 7) is 0. The first-order valence-electron chi connectivity index (χ1n) is 5.54. The minimum Gasteiger partial charge on any atom is -0.464 e. The number of methoxy groups -OCH3 is 1. The maximum atomic E-state index is 11.9. The third-order valence-electron chi connectivity index (χ3n) is 2.86. The molecule has 0 radical (unpaired) electrons. The van der Waals surface area contributed by atoms with Crippen LogP contribution < -0.4 is 0 Å². The molecule has 0 atom stereocenters. The van der Waals surface area contributed by atoms with Crippen LogP contribution in [0.3, 0.4) is 0 Å². The molecule has 0 saturated heterocycles. The molecule has 0 aliphatic heterocycles. The number of aromatic amines is 1. The molecule has 0 fully saturated rings. The van der Waals surface area contributed by atoms with Gasteiger partial charge in [-0.2, -0.15) is 0 Å². The number of hydrogen-bond donors (Lipinski definition) is 1. The lowest BCUT2D eigenvalue weighted by Crippen LogP contribution is -2.02. The van der Waals surface area contributed by atoms with Gasteiger partial charge in [-0.15, -0.1) is 11.3 Å². The van der Waals surface area contributed by atoms with Crippen LogP contribution in [0, 0.1) is 0 Å². The highest BCUT2D eigenvalue weighted by Gasteiger charge is 2.19. The van der Waals surface area contributed by atoms with Gasteiger partial charge in [-0.05, 0) is 17.5 Å². The van der Waals surface area contributed by atoms with E-state index in [0.717, 1.165) is 21.3 Å². The molecule has 1 N–H and O–H groups in total. The topological polar surface area (TPSA) is 42.1 Å². The summed E-state index contributed by atoms with van der Waals surface area (Å²) < 4.78 is 4.84. The Balaban J connectivity index is 2.35. The van der Waals surface area contributed by atoms with Crippen molar-refractivity contribution in [2.75, 3.05) is 7.11 Å². The van der Waals surface area contributed by atoms with Gasteiger partial charge in [0.25, 0.3) is 0 Å². The molecular formula is C14H11NO2S. The smallest absolute Gasteiger partial charge is 0.355 e. The molecule has 0 spiro atoms. The molecule has 0 bridgehead atoms. The van der Waals surface area contributed by atoms with E-state index in [9.17, 15) is 4.79 Å². The van der Waals surface area contributed by atoms with Gasteiger partial charge in [0.1, 0.15) is 5.69 Å². The molecule has 90 valence electrons. The predicted octanol–water partition coefficient (Wildman–Crippen LogP) is 3.68. The Bertz CT molecular complexity index is 698. The van der Waals surface area contributed by atoms with Crippen molar-refractivity contribution in [1.82, 2.24) is 4.98 Å². The molecule has 0 aliphatic carbocycles. The number of benzene rings is 1. The van der Waals surface area contributed by atoms with Gasteiger partial charge >= 0.3 is 5.97 Å². The van der Waals surface area contributed by atoms with Crippen LogP contribution >= 0.6 is 11.3 Å². The number of thiophene rings is 1. The van der Waals surface area contributed by atoms with Gasteiger partial charge in [-0.1, -0.05) is 24.3 Å². The van der Waals surface area contributed by atoms with Gasteiger partial charge in [0.15, 0.2) is 0 Å². The summed E-state index contributed by atoms with van der Waals surface area (Å²) in [6.07, 6.45) is 0. The second-order valence-electron chi connectivity index (χ2n) is 3.89. The van der Waals surface area contributed by atoms with Crippen LogP contribution in [0.2, 0.25) is 0 Å². The van der Waals surface area contributed by atoms with Gasteiger partial charge in [0.05, 0.1) is 7.11 Å². The third-order valence-corrected chi connectivity index (χ3v) is 3.75. The lowest BCUT2D eigenvalue weighted by molar-refractivity contribution is 0.0596. The Morgan fingerprint density at radius 3 is 2.78 bits per heavy atom. The van der Waals surface area contributed by atoms with E-state index < -0.39 is 0 Å². The number of fused-ring (bicyclic) bond motifs is 1. The number of rotatable bonds is 2. The summed E-state index contributed by atoms with van der Waals surface area (Å²) in [5, 5.41) is 3.04. The number of carbonyl (C=O) groups is 1. The number of ether oxygens (including phenoxy) is 1. The van der Waals surface area contributed by atoms with Crippen LogP contribution in [0.15, 0.2) is 41.8 Å². The first-order valence-corrected chi connectivity index (χ1v) is 6.42. The Morgan fingerprint density at radius 1 is 1.22 bits per heavy atom. The summed E-state index contributed by atoms with van der Waals surface area (Å²) in [7, 11) is 1.39. The van der Waals surface area contributed by atoms with Gasteiger partial charge in [-0.3, -0.25) is 0 Å². The van der Waals surface area contributed by atoms with E-state index in [1.807, 2.05) is 41.8 Å². The standard InChI is InChI=1S/C14H11NO2S/c1-17-14(16)13-12(11-7-4-8-18-11)9-5-2-3-6-10(9)15-13/h2-8,15H,1H3. The van der Waals surface area contributed by atoms with Crippen LogP contribution in [-0.2, 0) is 4.74 Å². The number of para-hydroxylation sites is 1. The molecule has 18 heavy (non-hydrogen) atoms. The molecule has 3 rings (SSSR count). The molecule has 2 aromatic heterocycles. The zero-order valence-electron chi connectivity index (χ0n) is 9.77. The van der Waals surface area contributed by atoms with E-state index in [0.29, 0.717) is 5.69 Å². The number of carbonyl (C=O) groups excluding carboxylic acids is 1. The van der Waals surface area contributed by atoms with Crippen molar-refractivity contribution in [2.45, 2.75) is 0 Å². The minimum atomic E-state index is -0.338. The Labute approximate surface area is 108 Å². The molecule has 4 heteroatoms. The first kappa shape index (κ1) is 11.0. The first-order chi connectivity index (χ1) is 8.81. The number of nitrogens with one attached hydrogen (secondary N) is 1. The van der Waals surface area contributed by atoms with E-state index in [1.54, 1.807) is 11.3 Å². The second kappa shape index (κ2) is 4.31. The second-order valence-corrected chi connectivity index (χ2v) is 4.84. The summed E-state index contributed by atoms with van der Waals surface area (Å²) in [5.41, 5.74) is 2.38. The number of esters is 1. The SMILES string of the molecule is COC(=O)c1[nH]c2ccccc2c1-c1cccs1. The molecular weight excluding hydrogens is 246 g/mol. The fraction of sp³-hybridized carbons (Fsp3) is 0.0714. The lowest BCUT2D eigenvalue weighted by Gasteiger charge is -2.00.